The van der Waals surface area contributed by atoms with Gasteiger partial charge in [-0.15, -0.1) is 10.2 Å². The molecule has 0 aromatic carbocycles. The van der Waals surface area contributed by atoms with Gasteiger partial charge in [0.05, 0.1) is 0 Å². The van der Waals surface area contributed by atoms with Gasteiger partial charge in [-0.05, 0) is 0 Å². The molecule has 0 atom stereocenters. The normalized spacial score (nSPS) is 10.5. The summed E-state index contributed by atoms with van der Waals surface area (Å²) < 4.78 is 5.18. The summed E-state index contributed by atoms with van der Waals surface area (Å²) >= 11 is 1.22. The van der Waals surface area contributed by atoms with E-state index in [4.69, 9.17) is 10.2 Å². The first kappa shape index (κ1) is 10.1. The average molecular weight is 223 g/mol. The van der Waals surface area contributed by atoms with E-state index in [1.54, 1.807) is 19.3 Å². The fraction of sp³-hybridized carbons (Fsp3) is 0.250. The van der Waals surface area contributed by atoms with Crippen LogP contribution in [-0.2, 0) is 6.54 Å². The zero-order valence-corrected chi connectivity index (χ0v) is 8.86. The van der Waals surface area contributed by atoms with E-state index in [2.05, 4.69) is 20.2 Å². The molecule has 0 aliphatic carbocycles. The summed E-state index contributed by atoms with van der Waals surface area (Å²) in [5.41, 5.74) is 6.32. The highest BCUT2D eigenvalue weighted by Gasteiger charge is 2.06. The van der Waals surface area contributed by atoms with Crippen LogP contribution in [0.1, 0.15) is 11.5 Å². The molecule has 2 N–H and O–H groups in total. The summed E-state index contributed by atoms with van der Waals surface area (Å²) in [5, 5.41) is 8.53. The van der Waals surface area contributed by atoms with Gasteiger partial charge in [0.25, 0.3) is 5.22 Å². The lowest BCUT2D eigenvalue weighted by Gasteiger charge is -1.96. The molecular formula is C8H9N5OS. The lowest BCUT2D eigenvalue weighted by atomic mass is 10.4. The van der Waals surface area contributed by atoms with Crippen LogP contribution < -0.4 is 5.73 Å². The van der Waals surface area contributed by atoms with Gasteiger partial charge >= 0.3 is 0 Å². The highest BCUT2D eigenvalue weighted by atomic mass is 32.2. The first-order valence-corrected chi connectivity index (χ1v) is 5.08. The average Bonchev–Trinajstić information content (AvgIpc) is 2.65. The van der Waals surface area contributed by atoms with Gasteiger partial charge in [0.1, 0.15) is 0 Å². The molecule has 0 unspecified atom stereocenters. The predicted octanol–water partition coefficient (Wildman–Crippen LogP) is 0.778. The van der Waals surface area contributed by atoms with Crippen LogP contribution in [0.5, 0.6) is 0 Å². The quantitative estimate of drug-likeness (QED) is 0.768. The fourth-order valence-corrected chi connectivity index (χ4v) is 1.51. The summed E-state index contributed by atoms with van der Waals surface area (Å²) in [6.45, 7) is 2.17. The molecule has 0 bridgehead atoms. The number of hydrogen-bond acceptors (Lipinski definition) is 7. The molecule has 2 rings (SSSR count). The third kappa shape index (κ3) is 2.51. The summed E-state index contributed by atoms with van der Waals surface area (Å²) in [6.07, 6.45) is 3.36. The smallest absolute Gasteiger partial charge is 0.284 e. The third-order valence-electron chi connectivity index (χ3n) is 1.60. The summed E-state index contributed by atoms with van der Waals surface area (Å²) in [5.74, 6) is 0.524. The van der Waals surface area contributed by atoms with Crippen LogP contribution in [0, 0.1) is 6.92 Å². The van der Waals surface area contributed by atoms with Crippen molar-refractivity contribution in [2.45, 2.75) is 23.8 Å². The summed E-state index contributed by atoms with van der Waals surface area (Å²) in [4.78, 5) is 8.20. The number of nitrogens with two attached hydrogens (primary N) is 1. The minimum absolute atomic E-state index is 0.435. The molecule has 0 fully saturated rings. The molecule has 2 aromatic heterocycles. The Morgan fingerprint density at radius 2 is 2.07 bits per heavy atom. The predicted molar refractivity (Wildman–Crippen MR) is 53.1 cm³/mol. The van der Waals surface area contributed by atoms with E-state index in [9.17, 15) is 0 Å². The Balaban J connectivity index is 2.11. The Kier molecular flexibility index (Phi) is 2.93. The van der Waals surface area contributed by atoms with E-state index in [0.29, 0.717) is 22.8 Å². The van der Waals surface area contributed by atoms with Gasteiger partial charge in [-0.25, -0.2) is 9.97 Å². The number of rotatable bonds is 3. The van der Waals surface area contributed by atoms with E-state index in [1.165, 1.54) is 11.8 Å². The lowest BCUT2D eigenvalue weighted by molar-refractivity contribution is 0.429. The highest BCUT2D eigenvalue weighted by molar-refractivity contribution is 7.98. The molecule has 0 aliphatic heterocycles. The van der Waals surface area contributed by atoms with Crippen LogP contribution in [0.15, 0.2) is 27.2 Å². The molecule has 0 saturated heterocycles. The maximum atomic E-state index is 5.43. The standard InChI is InChI=1S/C8H9N5OS/c1-5-12-13-8(14-5)15-7-10-3-6(2-9)4-11-7/h3-4H,2,9H2,1H3. The van der Waals surface area contributed by atoms with Gasteiger partial charge in [0, 0.05) is 43.2 Å². The molecule has 78 valence electrons. The second kappa shape index (κ2) is 4.37. The third-order valence-corrected chi connectivity index (χ3v) is 2.34. The Morgan fingerprint density at radius 1 is 1.33 bits per heavy atom. The molecule has 15 heavy (non-hydrogen) atoms. The largest absolute Gasteiger partial charge is 0.416 e. The fourth-order valence-electron chi connectivity index (χ4n) is 0.899. The van der Waals surface area contributed by atoms with Gasteiger partial charge in [0.15, 0.2) is 5.16 Å². The molecular weight excluding hydrogens is 214 g/mol. The number of nitrogens with zero attached hydrogens (tertiary/aromatic N) is 4. The molecule has 0 radical (unpaired) electrons. The molecule has 2 heterocycles. The van der Waals surface area contributed by atoms with Crippen LogP contribution >= 0.6 is 11.8 Å². The Bertz CT molecular complexity index is 441. The van der Waals surface area contributed by atoms with E-state index in [1.807, 2.05) is 0 Å². The van der Waals surface area contributed by atoms with E-state index in [-0.39, 0.29) is 0 Å². The minimum Gasteiger partial charge on any atom is -0.416 e. The molecule has 6 nitrogen and oxygen atoms in total. The van der Waals surface area contributed by atoms with Gasteiger partial charge < -0.3 is 10.2 Å². The monoisotopic (exact) mass is 223 g/mol. The van der Waals surface area contributed by atoms with Gasteiger partial charge in [-0.2, -0.15) is 0 Å². The van der Waals surface area contributed by atoms with Crippen molar-refractivity contribution in [3.63, 3.8) is 0 Å². The van der Waals surface area contributed by atoms with Gasteiger partial charge in [-0.1, -0.05) is 0 Å². The van der Waals surface area contributed by atoms with Crippen LogP contribution in [-0.4, -0.2) is 20.2 Å². The molecule has 0 aliphatic rings. The van der Waals surface area contributed by atoms with Crippen LogP contribution in [0.4, 0.5) is 0 Å². The molecule has 0 spiro atoms. The zero-order chi connectivity index (χ0) is 10.7. The van der Waals surface area contributed by atoms with E-state index < -0.39 is 0 Å². The summed E-state index contributed by atoms with van der Waals surface area (Å²) in [6, 6.07) is 0. The highest BCUT2D eigenvalue weighted by Crippen LogP contribution is 2.22. The maximum absolute atomic E-state index is 5.43. The number of hydrogen-bond donors (Lipinski definition) is 1. The van der Waals surface area contributed by atoms with E-state index >= 15 is 0 Å². The zero-order valence-electron chi connectivity index (χ0n) is 8.04. The minimum atomic E-state index is 0.435. The first-order valence-electron chi connectivity index (χ1n) is 4.27. The molecule has 2 aromatic rings. The Hall–Kier alpha value is -1.47. The maximum Gasteiger partial charge on any atom is 0.284 e. The van der Waals surface area contributed by atoms with Crippen molar-refractivity contribution in [1.29, 1.82) is 0 Å². The van der Waals surface area contributed by atoms with Crippen molar-refractivity contribution < 1.29 is 4.42 Å². The Labute approximate surface area is 90.3 Å². The van der Waals surface area contributed by atoms with Gasteiger partial charge in [0.2, 0.25) is 5.89 Å². The first-order chi connectivity index (χ1) is 7.28. The van der Waals surface area contributed by atoms with Crippen molar-refractivity contribution in [3.8, 4) is 0 Å². The van der Waals surface area contributed by atoms with Crippen LogP contribution in [0.2, 0.25) is 0 Å². The summed E-state index contributed by atoms with van der Waals surface area (Å²) in [7, 11) is 0. The van der Waals surface area contributed by atoms with Crippen molar-refractivity contribution in [2.75, 3.05) is 0 Å². The second-order valence-electron chi connectivity index (χ2n) is 2.77. The van der Waals surface area contributed by atoms with E-state index in [0.717, 1.165) is 5.56 Å². The van der Waals surface area contributed by atoms with Gasteiger partial charge in [-0.3, -0.25) is 0 Å². The van der Waals surface area contributed by atoms with Crippen molar-refractivity contribution in [2.24, 2.45) is 5.73 Å². The number of aryl methyl sites for hydroxylation is 1. The second-order valence-corrected chi connectivity index (χ2v) is 3.69. The SMILES string of the molecule is Cc1nnc(Sc2ncc(CN)cn2)o1. The topological polar surface area (TPSA) is 90.7 Å². The van der Waals surface area contributed by atoms with Crippen molar-refractivity contribution in [1.82, 2.24) is 20.2 Å². The van der Waals surface area contributed by atoms with Crippen LogP contribution in [0.3, 0.4) is 0 Å². The van der Waals surface area contributed by atoms with Crippen LogP contribution in [0.25, 0.3) is 0 Å². The Morgan fingerprint density at radius 3 is 2.60 bits per heavy atom. The molecule has 0 saturated carbocycles. The van der Waals surface area contributed by atoms with Crippen molar-refractivity contribution >= 4 is 11.8 Å². The molecule has 0 amide bonds. The lowest BCUT2D eigenvalue weighted by Crippen LogP contribution is -1.98. The van der Waals surface area contributed by atoms with Crippen molar-refractivity contribution in [3.05, 3.63) is 23.8 Å². The number of aromatic nitrogens is 4. The molecule has 7 heteroatoms.